The highest BCUT2D eigenvalue weighted by molar-refractivity contribution is 9.10. The second-order valence-electron chi connectivity index (χ2n) is 3.79. The van der Waals surface area contributed by atoms with E-state index in [0.717, 1.165) is 27.1 Å². The van der Waals surface area contributed by atoms with Gasteiger partial charge >= 0.3 is 0 Å². The number of nitrogens with zero attached hydrogens (tertiary/aromatic N) is 1. The van der Waals surface area contributed by atoms with Crippen molar-refractivity contribution in [2.45, 2.75) is 13.8 Å². The third-order valence-electron chi connectivity index (χ3n) is 2.38. The van der Waals surface area contributed by atoms with Gasteiger partial charge in [0.05, 0.1) is 0 Å². The van der Waals surface area contributed by atoms with Crippen molar-refractivity contribution in [3.63, 3.8) is 0 Å². The number of hydrogen-bond acceptors (Lipinski definition) is 2. The highest BCUT2D eigenvalue weighted by Crippen LogP contribution is 2.29. The number of rotatable bonds is 2. The van der Waals surface area contributed by atoms with Crippen LogP contribution < -0.4 is 4.74 Å². The molecule has 0 N–H and O–H groups in total. The summed E-state index contributed by atoms with van der Waals surface area (Å²) >= 11 is 9.30. The molecule has 1 aromatic heterocycles. The first kappa shape index (κ1) is 12.4. The molecule has 1 heterocycles. The van der Waals surface area contributed by atoms with Gasteiger partial charge in [0.15, 0.2) is 0 Å². The fourth-order valence-corrected chi connectivity index (χ4v) is 1.79. The van der Waals surface area contributed by atoms with E-state index in [4.69, 9.17) is 16.3 Å². The van der Waals surface area contributed by atoms with E-state index in [1.54, 1.807) is 12.3 Å². The molecular weight excluding hydrogens is 302 g/mol. The predicted molar refractivity (Wildman–Crippen MR) is 72.9 cm³/mol. The van der Waals surface area contributed by atoms with Crippen molar-refractivity contribution in [1.29, 1.82) is 0 Å². The van der Waals surface area contributed by atoms with E-state index in [1.165, 1.54) is 0 Å². The molecule has 17 heavy (non-hydrogen) atoms. The average Bonchev–Trinajstić information content (AvgIpc) is 2.29. The van der Waals surface area contributed by atoms with Gasteiger partial charge in [0.25, 0.3) is 0 Å². The maximum absolute atomic E-state index is 5.84. The molecule has 0 aliphatic carbocycles. The summed E-state index contributed by atoms with van der Waals surface area (Å²) in [7, 11) is 0. The Balaban J connectivity index is 2.31. The second kappa shape index (κ2) is 5.07. The van der Waals surface area contributed by atoms with Gasteiger partial charge in [-0.05, 0) is 37.6 Å². The van der Waals surface area contributed by atoms with Gasteiger partial charge in [0.1, 0.15) is 16.7 Å². The lowest BCUT2D eigenvalue weighted by atomic mass is 10.2. The van der Waals surface area contributed by atoms with E-state index in [9.17, 15) is 0 Å². The van der Waals surface area contributed by atoms with Crippen LogP contribution in [0.2, 0.25) is 5.15 Å². The predicted octanol–water partition coefficient (Wildman–Crippen LogP) is 4.91. The number of pyridine rings is 1. The normalized spacial score (nSPS) is 10.4. The number of halogens is 2. The van der Waals surface area contributed by atoms with Crippen molar-refractivity contribution in [2.24, 2.45) is 0 Å². The van der Waals surface area contributed by atoms with Crippen LogP contribution in [0.25, 0.3) is 0 Å². The minimum absolute atomic E-state index is 0.430. The molecule has 0 fully saturated rings. The molecule has 88 valence electrons. The molecule has 4 heteroatoms. The third kappa shape index (κ3) is 2.99. The maximum atomic E-state index is 5.84. The quantitative estimate of drug-likeness (QED) is 0.735. The molecule has 0 amide bonds. The maximum Gasteiger partial charge on any atom is 0.134 e. The Bertz CT molecular complexity index is 557. The van der Waals surface area contributed by atoms with Gasteiger partial charge in [0, 0.05) is 22.3 Å². The molecule has 0 unspecified atom stereocenters. The van der Waals surface area contributed by atoms with Crippen LogP contribution in [0.3, 0.4) is 0 Å². The molecule has 1 aromatic carbocycles. The number of ether oxygens (including phenoxy) is 1. The zero-order valence-electron chi connectivity index (χ0n) is 9.50. The van der Waals surface area contributed by atoms with Crippen molar-refractivity contribution in [1.82, 2.24) is 4.98 Å². The Morgan fingerprint density at radius 2 is 1.94 bits per heavy atom. The Morgan fingerprint density at radius 1 is 1.18 bits per heavy atom. The van der Waals surface area contributed by atoms with Gasteiger partial charge in [-0.15, -0.1) is 0 Å². The minimum atomic E-state index is 0.430. The molecule has 0 aliphatic heterocycles. The first-order chi connectivity index (χ1) is 8.06. The monoisotopic (exact) mass is 311 g/mol. The summed E-state index contributed by atoms with van der Waals surface area (Å²) in [5.41, 5.74) is 2.08. The Morgan fingerprint density at radius 3 is 2.65 bits per heavy atom. The smallest absolute Gasteiger partial charge is 0.134 e. The van der Waals surface area contributed by atoms with E-state index in [1.807, 2.05) is 32.0 Å². The molecular formula is C13H11BrClNO. The second-order valence-corrected chi connectivity index (χ2v) is 5.03. The van der Waals surface area contributed by atoms with Crippen LogP contribution in [0, 0.1) is 13.8 Å². The molecule has 0 spiro atoms. The van der Waals surface area contributed by atoms with Crippen LogP contribution >= 0.6 is 27.5 Å². The first-order valence-electron chi connectivity index (χ1n) is 5.12. The molecule has 0 aliphatic rings. The summed E-state index contributed by atoms with van der Waals surface area (Å²) in [5.74, 6) is 1.52. The molecule has 0 radical (unpaired) electrons. The number of hydrogen-bond donors (Lipinski definition) is 0. The Labute approximate surface area is 114 Å². The van der Waals surface area contributed by atoms with Crippen LogP contribution in [0.4, 0.5) is 0 Å². The lowest BCUT2D eigenvalue weighted by Crippen LogP contribution is -1.90. The Kier molecular flexibility index (Phi) is 3.69. The van der Waals surface area contributed by atoms with E-state index in [-0.39, 0.29) is 0 Å². The van der Waals surface area contributed by atoms with E-state index in [0.29, 0.717) is 5.15 Å². The van der Waals surface area contributed by atoms with Crippen molar-refractivity contribution in [3.8, 4) is 11.5 Å². The Hall–Kier alpha value is -1.06. The van der Waals surface area contributed by atoms with Crippen molar-refractivity contribution < 1.29 is 4.74 Å². The van der Waals surface area contributed by atoms with Gasteiger partial charge in [0.2, 0.25) is 0 Å². The van der Waals surface area contributed by atoms with Crippen molar-refractivity contribution in [2.75, 3.05) is 0 Å². The molecule has 2 nitrogen and oxygen atoms in total. The lowest BCUT2D eigenvalue weighted by molar-refractivity contribution is 0.477. The standard InChI is InChI=1S/C13H11BrClNO/c1-8-5-10(3-4-11(8)14)17-12-6-13(15)16-7-9(12)2/h3-7H,1-2H3. The summed E-state index contributed by atoms with van der Waals surface area (Å²) in [6, 6.07) is 7.56. The topological polar surface area (TPSA) is 22.1 Å². The van der Waals surface area contributed by atoms with Gasteiger partial charge < -0.3 is 4.74 Å². The molecule has 0 atom stereocenters. The van der Waals surface area contributed by atoms with Crippen LogP contribution in [0.5, 0.6) is 11.5 Å². The van der Waals surface area contributed by atoms with Crippen LogP contribution in [-0.2, 0) is 0 Å². The SMILES string of the molecule is Cc1cc(Oc2cc(Cl)ncc2C)ccc1Br. The third-order valence-corrected chi connectivity index (χ3v) is 3.47. The molecule has 0 saturated carbocycles. The highest BCUT2D eigenvalue weighted by atomic mass is 79.9. The lowest BCUT2D eigenvalue weighted by Gasteiger charge is -2.09. The zero-order chi connectivity index (χ0) is 12.4. The highest BCUT2D eigenvalue weighted by Gasteiger charge is 2.04. The summed E-state index contributed by atoms with van der Waals surface area (Å²) in [6.07, 6.45) is 1.70. The molecule has 2 aromatic rings. The average molecular weight is 313 g/mol. The first-order valence-corrected chi connectivity index (χ1v) is 6.29. The fraction of sp³-hybridized carbons (Fsp3) is 0.154. The van der Waals surface area contributed by atoms with Gasteiger partial charge in [-0.3, -0.25) is 0 Å². The minimum Gasteiger partial charge on any atom is -0.457 e. The number of benzene rings is 1. The van der Waals surface area contributed by atoms with Crippen LogP contribution in [0.15, 0.2) is 34.9 Å². The molecule has 0 saturated heterocycles. The summed E-state index contributed by atoms with van der Waals surface area (Å²) in [6.45, 7) is 3.95. The summed E-state index contributed by atoms with van der Waals surface area (Å²) in [4.78, 5) is 3.99. The summed E-state index contributed by atoms with van der Waals surface area (Å²) < 4.78 is 6.84. The van der Waals surface area contributed by atoms with Crippen molar-refractivity contribution in [3.05, 3.63) is 51.2 Å². The zero-order valence-corrected chi connectivity index (χ0v) is 11.8. The number of aromatic nitrogens is 1. The van der Waals surface area contributed by atoms with E-state index >= 15 is 0 Å². The van der Waals surface area contributed by atoms with E-state index < -0.39 is 0 Å². The molecule has 2 rings (SSSR count). The fourth-order valence-electron chi connectivity index (χ4n) is 1.40. The van der Waals surface area contributed by atoms with Crippen LogP contribution in [-0.4, -0.2) is 4.98 Å². The van der Waals surface area contributed by atoms with E-state index in [2.05, 4.69) is 20.9 Å². The van der Waals surface area contributed by atoms with Gasteiger partial charge in [-0.2, -0.15) is 0 Å². The largest absolute Gasteiger partial charge is 0.457 e. The van der Waals surface area contributed by atoms with Gasteiger partial charge in [-0.1, -0.05) is 27.5 Å². The van der Waals surface area contributed by atoms with Gasteiger partial charge in [-0.25, -0.2) is 4.98 Å². The van der Waals surface area contributed by atoms with Crippen molar-refractivity contribution >= 4 is 27.5 Å². The molecule has 0 bridgehead atoms. The van der Waals surface area contributed by atoms with Crippen LogP contribution in [0.1, 0.15) is 11.1 Å². The number of aryl methyl sites for hydroxylation is 2. The summed E-state index contributed by atoms with van der Waals surface area (Å²) in [5, 5.41) is 0.430.